The summed E-state index contributed by atoms with van der Waals surface area (Å²) < 4.78 is 0. The Labute approximate surface area is 91.2 Å². The molecule has 0 saturated heterocycles. The largest absolute Gasteiger partial charge is 0.256 e. The minimum absolute atomic E-state index is 0.586. The van der Waals surface area contributed by atoms with E-state index in [1.807, 2.05) is 12.3 Å². The third-order valence-electron chi connectivity index (χ3n) is 3.16. The molecule has 0 aliphatic heterocycles. The van der Waals surface area contributed by atoms with Crippen molar-refractivity contribution in [2.24, 2.45) is 0 Å². The van der Waals surface area contributed by atoms with Crippen molar-refractivity contribution in [1.82, 2.24) is 4.98 Å². The van der Waals surface area contributed by atoms with Crippen molar-refractivity contribution in [3.05, 3.63) is 41.6 Å². The molecule has 0 spiro atoms. The zero-order valence-electron chi connectivity index (χ0n) is 9.62. The van der Waals surface area contributed by atoms with E-state index in [1.165, 1.54) is 22.0 Å². The quantitative estimate of drug-likeness (QED) is 0.710. The molecule has 1 atom stereocenters. The molecule has 1 heterocycles. The van der Waals surface area contributed by atoms with Crippen LogP contribution in [0.25, 0.3) is 10.9 Å². The summed E-state index contributed by atoms with van der Waals surface area (Å²) in [4.78, 5) is 4.51. The number of hydrogen-bond acceptors (Lipinski definition) is 1. The van der Waals surface area contributed by atoms with Crippen molar-refractivity contribution in [3.8, 4) is 0 Å². The first-order chi connectivity index (χ1) is 7.24. The molecule has 0 aliphatic rings. The van der Waals surface area contributed by atoms with Gasteiger partial charge in [-0.2, -0.15) is 0 Å². The van der Waals surface area contributed by atoms with Crippen molar-refractivity contribution in [2.45, 2.75) is 33.1 Å². The topological polar surface area (TPSA) is 12.9 Å². The molecule has 1 aromatic carbocycles. The second-order valence-corrected chi connectivity index (χ2v) is 4.18. The van der Waals surface area contributed by atoms with E-state index in [1.54, 1.807) is 0 Å². The number of pyridine rings is 1. The summed E-state index contributed by atoms with van der Waals surface area (Å²) in [6.07, 6.45) is 3.04. The molecular formula is C14H17N. The summed E-state index contributed by atoms with van der Waals surface area (Å²) in [5, 5.41) is 1.29. The first-order valence-corrected chi connectivity index (χ1v) is 5.58. The fourth-order valence-electron chi connectivity index (χ4n) is 1.95. The predicted molar refractivity (Wildman–Crippen MR) is 65.2 cm³/mol. The summed E-state index contributed by atoms with van der Waals surface area (Å²) in [6, 6.07) is 8.59. The Morgan fingerprint density at radius 1 is 1.27 bits per heavy atom. The van der Waals surface area contributed by atoms with Gasteiger partial charge in [0.1, 0.15) is 0 Å². The lowest BCUT2D eigenvalue weighted by Gasteiger charge is -2.12. The van der Waals surface area contributed by atoms with Crippen molar-refractivity contribution < 1.29 is 0 Å². The smallest absolute Gasteiger partial charge is 0.0739 e. The third-order valence-corrected chi connectivity index (χ3v) is 3.16. The Kier molecular flexibility index (Phi) is 2.72. The maximum Gasteiger partial charge on any atom is 0.0739 e. The van der Waals surface area contributed by atoms with Crippen LogP contribution in [0.2, 0.25) is 0 Å². The molecule has 0 radical (unpaired) electrons. The van der Waals surface area contributed by atoms with Gasteiger partial charge in [-0.15, -0.1) is 0 Å². The molecule has 1 heteroatoms. The van der Waals surface area contributed by atoms with E-state index in [-0.39, 0.29) is 0 Å². The van der Waals surface area contributed by atoms with Crippen LogP contribution in [-0.2, 0) is 0 Å². The van der Waals surface area contributed by atoms with Gasteiger partial charge in [-0.25, -0.2) is 0 Å². The molecule has 0 N–H and O–H groups in total. The van der Waals surface area contributed by atoms with Gasteiger partial charge in [0.2, 0.25) is 0 Å². The molecule has 0 bridgehead atoms. The molecule has 1 aromatic heterocycles. The third kappa shape index (κ3) is 1.74. The molecular weight excluding hydrogens is 182 g/mol. The van der Waals surface area contributed by atoms with Gasteiger partial charge in [-0.1, -0.05) is 32.0 Å². The number of fused-ring (bicyclic) bond motifs is 1. The number of nitrogens with zero attached hydrogens (tertiary/aromatic N) is 1. The predicted octanol–water partition coefficient (Wildman–Crippen LogP) is 4.06. The number of aryl methyl sites for hydroxylation is 1. The van der Waals surface area contributed by atoms with E-state index in [0.29, 0.717) is 5.92 Å². The minimum atomic E-state index is 0.586. The van der Waals surface area contributed by atoms with E-state index in [2.05, 4.69) is 44.0 Å². The normalized spacial score (nSPS) is 13.0. The lowest BCUT2D eigenvalue weighted by atomic mass is 9.94. The highest BCUT2D eigenvalue weighted by atomic mass is 14.7. The summed E-state index contributed by atoms with van der Waals surface area (Å²) in [7, 11) is 0. The van der Waals surface area contributed by atoms with E-state index in [9.17, 15) is 0 Å². The number of aromatic nitrogens is 1. The Bertz CT molecular complexity index is 474. The highest BCUT2D eigenvalue weighted by Gasteiger charge is 2.09. The van der Waals surface area contributed by atoms with Gasteiger partial charge in [0, 0.05) is 11.6 Å². The number of benzene rings is 1. The average Bonchev–Trinajstić information content (AvgIpc) is 2.29. The van der Waals surface area contributed by atoms with Crippen molar-refractivity contribution in [1.29, 1.82) is 0 Å². The average molecular weight is 199 g/mol. The highest BCUT2D eigenvalue weighted by Crippen LogP contribution is 2.27. The maximum atomic E-state index is 4.51. The lowest BCUT2D eigenvalue weighted by molar-refractivity contribution is 0.738. The molecule has 0 aliphatic carbocycles. The zero-order valence-corrected chi connectivity index (χ0v) is 9.62. The SMILES string of the molecule is CCC(C)c1ccc(C)c2cccnc12. The number of rotatable bonds is 2. The second kappa shape index (κ2) is 4.01. The molecule has 1 nitrogen and oxygen atoms in total. The van der Waals surface area contributed by atoms with Gasteiger partial charge in [-0.3, -0.25) is 4.98 Å². The minimum Gasteiger partial charge on any atom is -0.256 e. The Morgan fingerprint density at radius 3 is 2.80 bits per heavy atom. The zero-order chi connectivity index (χ0) is 10.8. The number of hydrogen-bond donors (Lipinski definition) is 0. The van der Waals surface area contributed by atoms with Crippen molar-refractivity contribution in [3.63, 3.8) is 0 Å². The van der Waals surface area contributed by atoms with E-state index in [4.69, 9.17) is 0 Å². The fourth-order valence-corrected chi connectivity index (χ4v) is 1.95. The van der Waals surface area contributed by atoms with Gasteiger partial charge in [-0.05, 0) is 36.5 Å². The van der Waals surface area contributed by atoms with Crippen LogP contribution >= 0.6 is 0 Å². The molecule has 2 rings (SSSR count). The summed E-state index contributed by atoms with van der Waals surface area (Å²) >= 11 is 0. The van der Waals surface area contributed by atoms with E-state index < -0.39 is 0 Å². The maximum absolute atomic E-state index is 4.51. The van der Waals surface area contributed by atoms with Crippen LogP contribution in [0.1, 0.15) is 37.3 Å². The van der Waals surface area contributed by atoms with E-state index in [0.717, 1.165) is 6.42 Å². The van der Waals surface area contributed by atoms with Crippen LogP contribution in [-0.4, -0.2) is 4.98 Å². The first kappa shape index (κ1) is 10.2. The van der Waals surface area contributed by atoms with Crippen LogP contribution in [0.4, 0.5) is 0 Å². The molecule has 1 unspecified atom stereocenters. The van der Waals surface area contributed by atoms with Gasteiger partial charge >= 0.3 is 0 Å². The van der Waals surface area contributed by atoms with Crippen LogP contribution in [0.15, 0.2) is 30.5 Å². The molecule has 0 fully saturated rings. The van der Waals surface area contributed by atoms with Gasteiger partial charge in [0.25, 0.3) is 0 Å². The van der Waals surface area contributed by atoms with Crippen LogP contribution < -0.4 is 0 Å². The Hall–Kier alpha value is -1.37. The van der Waals surface area contributed by atoms with Crippen LogP contribution in [0, 0.1) is 6.92 Å². The fraction of sp³-hybridized carbons (Fsp3) is 0.357. The molecule has 78 valence electrons. The Balaban J connectivity index is 2.71. The molecule has 0 amide bonds. The molecule has 15 heavy (non-hydrogen) atoms. The summed E-state index contributed by atoms with van der Waals surface area (Å²) in [6.45, 7) is 6.63. The van der Waals surface area contributed by atoms with Crippen LogP contribution in [0.5, 0.6) is 0 Å². The van der Waals surface area contributed by atoms with E-state index >= 15 is 0 Å². The van der Waals surface area contributed by atoms with Gasteiger partial charge < -0.3 is 0 Å². The van der Waals surface area contributed by atoms with Crippen molar-refractivity contribution >= 4 is 10.9 Å². The van der Waals surface area contributed by atoms with Gasteiger partial charge in [0.05, 0.1) is 5.52 Å². The molecule has 0 saturated carbocycles. The summed E-state index contributed by atoms with van der Waals surface area (Å²) in [5.74, 6) is 0.586. The molecule has 2 aromatic rings. The summed E-state index contributed by atoms with van der Waals surface area (Å²) in [5.41, 5.74) is 3.86. The lowest BCUT2D eigenvalue weighted by Crippen LogP contribution is -1.95. The standard InChI is InChI=1S/C14H17N/c1-4-10(2)13-8-7-11(3)12-6-5-9-15-14(12)13/h5-10H,4H2,1-3H3. The second-order valence-electron chi connectivity index (χ2n) is 4.18. The van der Waals surface area contributed by atoms with Gasteiger partial charge in [0.15, 0.2) is 0 Å². The first-order valence-electron chi connectivity index (χ1n) is 5.58. The Morgan fingerprint density at radius 2 is 2.07 bits per heavy atom. The van der Waals surface area contributed by atoms with Crippen LogP contribution in [0.3, 0.4) is 0 Å². The van der Waals surface area contributed by atoms with Crippen molar-refractivity contribution in [2.75, 3.05) is 0 Å². The monoisotopic (exact) mass is 199 g/mol. The highest BCUT2D eigenvalue weighted by molar-refractivity contribution is 5.85.